The number of nitriles is 2. The number of hydrogen-bond donors (Lipinski definition) is 2. The first-order chi connectivity index (χ1) is 9.13. The molecule has 1 atom stereocenters. The minimum absolute atomic E-state index is 0.0506. The molecule has 2 rings (SSSR count). The van der Waals surface area contributed by atoms with E-state index in [-0.39, 0.29) is 11.9 Å². The van der Waals surface area contributed by atoms with Gasteiger partial charge in [-0.3, -0.25) is 4.79 Å². The van der Waals surface area contributed by atoms with Gasteiger partial charge in [-0.25, -0.2) is 0 Å². The highest BCUT2D eigenvalue weighted by atomic mass is 16.2. The molecule has 1 unspecified atom stereocenters. The molecule has 1 fully saturated rings. The molecule has 5 nitrogen and oxygen atoms in total. The average Bonchev–Trinajstić information content (AvgIpc) is 3.22. The van der Waals surface area contributed by atoms with Crippen LogP contribution < -0.4 is 10.6 Å². The number of carbonyl (C=O) groups is 1. The SMILES string of the molecule is CC(Nc1ccc(C#N)c(C#N)c1)C(=O)NC1CC1. The second-order valence-electron chi connectivity index (χ2n) is 4.63. The third-order valence-electron chi connectivity index (χ3n) is 2.96. The van der Waals surface area contributed by atoms with E-state index in [2.05, 4.69) is 10.6 Å². The summed E-state index contributed by atoms with van der Waals surface area (Å²) in [5, 5.41) is 23.7. The molecule has 2 N–H and O–H groups in total. The molecule has 0 spiro atoms. The van der Waals surface area contributed by atoms with E-state index < -0.39 is 0 Å². The van der Waals surface area contributed by atoms with Gasteiger partial charge in [-0.1, -0.05) is 0 Å². The number of nitrogens with one attached hydrogen (secondary N) is 2. The van der Waals surface area contributed by atoms with Gasteiger partial charge < -0.3 is 10.6 Å². The van der Waals surface area contributed by atoms with E-state index in [9.17, 15) is 4.79 Å². The Kier molecular flexibility index (Phi) is 3.68. The monoisotopic (exact) mass is 254 g/mol. The summed E-state index contributed by atoms with van der Waals surface area (Å²) in [4.78, 5) is 11.8. The van der Waals surface area contributed by atoms with Gasteiger partial charge in [-0.15, -0.1) is 0 Å². The van der Waals surface area contributed by atoms with E-state index in [4.69, 9.17) is 10.5 Å². The van der Waals surface area contributed by atoms with Crippen LogP contribution in [0.5, 0.6) is 0 Å². The van der Waals surface area contributed by atoms with Crippen LogP contribution in [0.1, 0.15) is 30.9 Å². The van der Waals surface area contributed by atoms with Gasteiger partial charge in [0, 0.05) is 11.7 Å². The lowest BCUT2D eigenvalue weighted by Gasteiger charge is -2.15. The Balaban J connectivity index is 2.04. The predicted octanol–water partition coefficient (Wildman–Crippen LogP) is 1.51. The standard InChI is InChI=1S/C14H14N4O/c1-9(14(19)18-12-4-5-12)17-13-3-2-10(7-15)11(6-13)8-16/h2-3,6,9,12,17H,4-5H2,1H3,(H,18,19). The minimum atomic E-state index is -0.375. The normalized spacial score (nSPS) is 14.9. The molecule has 1 saturated carbocycles. The summed E-state index contributed by atoms with van der Waals surface area (Å²) in [5.74, 6) is -0.0506. The lowest BCUT2D eigenvalue weighted by atomic mass is 10.1. The largest absolute Gasteiger partial charge is 0.374 e. The fourth-order valence-electron chi connectivity index (χ4n) is 1.69. The van der Waals surface area contributed by atoms with E-state index >= 15 is 0 Å². The lowest BCUT2D eigenvalue weighted by Crippen LogP contribution is -2.38. The molecule has 1 aromatic carbocycles. The molecular weight excluding hydrogens is 240 g/mol. The second-order valence-corrected chi connectivity index (χ2v) is 4.63. The number of rotatable bonds is 4. The summed E-state index contributed by atoms with van der Waals surface area (Å²) in [6.45, 7) is 1.77. The van der Waals surface area contributed by atoms with Crippen molar-refractivity contribution in [1.29, 1.82) is 10.5 Å². The van der Waals surface area contributed by atoms with Gasteiger partial charge >= 0.3 is 0 Å². The number of nitrogens with zero attached hydrogens (tertiary/aromatic N) is 2. The summed E-state index contributed by atoms with van der Waals surface area (Å²) >= 11 is 0. The van der Waals surface area contributed by atoms with Crippen LogP contribution >= 0.6 is 0 Å². The minimum Gasteiger partial charge on any atom is -0.374 e. The van der Waals surface area contributed by atoms with Gasteiger partial charge in [0.05, 0.1) is 11.1 Å². The second kappa shape index (κ2) is 5.41. The van der Waals surface area contributed by atoms with Gasteiger partial charge in [0.15, 0.2) is 0 Å². The van der Waals surface area contributed by atoms with E-state index in [0.717, 1.165) is 12.8 Å². The van der Waals surface area contributed by atoms with Crippen LogP contribution in [0, 0.1) is 22.7 Å². The van der Waals surface area contributed by atoms with Gasteiger partial charge in [-0.2, -0.15) is 10.5 Å². The summed E-state index contributed by atoms with van der Waals surface area (Å²) in [7, 11) is 0. The molecule has 5 heteroatoms. The first-order valence-electron chi connectivity index (χ1n) is 6.15. The Bertz CT molecular complexity index is 578. The Morgan fingerprint density at radius 2 is 2.00 bits per heavy atom. The van der Waals surface area contributed by atoms with Crippen molar-refractivity contribution in [3.05, 3.63) is 29.3 Å². The zero-order chi connectivity index (χ0) is 13.8. The van der Waals surface area contributed by atoms with Crippen molar-refractivity contribution in [3.8, 4) is 12.1 Å². The average molecular weight is 254 g/mol. The maximum absolute atomic E-state index is 11.8. The fourth-order valence-corrected chi connectivity index (χ4v) is 1.69. The molecule has 96 valence electrons. The van der Waals surface area contributed by atoms with Crippen molar-refractivity contribution < 1.29 is 4.79 Å². The van der Waals surface area contributed by atoms with E-state index in [1.807, 2.05) is 12.1 Å². The molecule has 19 heavy (non-hydrogen) atoms. The molecule has 1 aliphatic rings. The fraction of sp³-hybridized carbons (Fsp3) is 0.357. The molecule has 0 bridgehead atoms. The first kappa shape index (κ1) is 12.9. The zero-order valence-electron chi connectivity index (χ0n) is 10.6. The zero-order valence-corrected chi connectivity index (χ0v) is 10.6. The van der Waals surface area contributed by atoms with Crippen LogP contribution in [0.3, 0.4) is 0 Å². The number of amides is 1. The Labute approximate surface area is 111 Å². The Morgan fingerprint density at radius 3 is 2.58 bits per heavy atom. The molecule has 0 aromatic heterocycles. The van der Waals surface area contributed by atoms with Crippen molar-refractivity contribution in [2.24, 2.45) is 0 Å². The molecule has 1 amide bonds. The van der Waals surface area contributed by atoms with Crippen LogP contribution in [-0.4, -0.2) is 18.0 Å². The van der Waals surface area contributed by atoms with Crippen molar-refractivity contribution in [2.75, 3.05) is 5.32 Å². The van der Waals surface area contributed by atoms with Crippen molar-refractivity contribution in [3.63, 3.8) is 0 Å². The van der Waals surface area contributed by atoms with Crippen LogP contribution in [0.2, 0.25) is 0 Å². The van der Waals surface area contributed by atoms with E-state index in [1.54, 1.807) is 25.1 Å². The molecule has 1 aliphatic carbocycles. The predicted molar refractivity (Wildman–Crippen MR) is 70.1 cm³/mol. The summed E-state index contributed by atoms with van der Waals surface area (Å²) in [6, 6.07) is 8.73. The number of benzene rings is 1. The highest BCUT2D eigenvalue weighted by Gasteiger charge is 2.25. The third kappa shape index (κ3) is 3.23. The van der Waals surface area contributed by atoms with Gasteiger partial charge in [0.1, 0.15) is 18.2 Å². The summed E-state index contributed by atoms with van der Waals surface area (Å²) in [5.41, 5.74) is 1.31. The quantitative estimate of drug-likeness (QED) is 0.852. The van der Waals surface area contributed by atoms with Crippen LogP contribution in [-0.2, 0) is 4.79 Å². The van der Waals surface area contributed by atoms with Crippen LogP contribution in [0.25, 0.3) is 0 Å². The molecule has 0 aliphatic heterocycles. The van der Waals surface area contributed by atoms with Gasteiger partial charge in [0.25, 0.3) is 0 Å². The number of hydrogen-bond acceptors (Lipinski definition) is 4. The van der Waals surface area contributed by atoms with Crippen molar-refractivity contribution >= 4 is 11.6 Å². The first-order valence-corrected chi connectivity index (χ1v) is 6.15. The lowest BCUT2D eigenvalue weighted by molar-refractivity contribution is -0.121. The maximum Gasteiger partial charge on any atom is 0.242 e. The van der Waals surface area contributed by atoms with Gasteiger partial charge in [0.2, 0.25) is 5.91 Å². The molecule has 0 radical (unpaired) electrons. The third-order valence-corrected chi connectivity index (χ3v) is 2.96. The van der Waals surface area contributed by atoms with Crippen LogP contribution in [0.4, 0.5) is 5.69 Å². The summed E-state index contributed by atoms with van der Waals surface area (Å²) < 4.78 is 0. The highest BCUT2D eigenvalue weighted by molar-refractivity contribution is 5.84. The maximum atomic E-state index is 11.8. The summed E-state index contributed by atoms with van der Waals surface area (Å²) in [6.07, 6.45) is 2.10. The molecule has 1 aromatic rings. The molecule has 0 saturated heterocycles. The van der Waals surface area contributed by atoms with Crippen molar-refractivity contribution in [2.45, 2.75) is 31.8 Å². The van der Waals surface area contributed by atoms with E-state index in [0.29, 0.717) is 22.9 Å². The van der Waals surface area contributed by atoms with E-state index in [1.165, 1.54) is 0 Å². The Morgan fingerprint density at radius 1 is 1.32 bits per heavy atom. The van der Waals surface area contributed by atoms with Crippen molar-refractivity contribution in [1.82, 2.24) is 5.32 Å². The smallest absolute Gasteiger partial charge is 0.242 e. The topological polar surface area (TPSA) is 88.7 Å². The highest BCUT2D eigenvalue weighted by Crippen LogP contribution is 2.19. The Hall–Kier alpha value is -2.53. The number of anilines is 1. The molecular formula is C14H14N4O. The van der Waals surface area contributed by atoms with Gasteiger partial charge in [-0.05, 0) is 38.0 Å². The molecule has 0 heterocycles. The van der Waals surface area contributed by atoms with Crippen LogP contribution in [0.15, 0.2) is 18.2 Å². The number of carbonyl (C=O) groups excluding carboxylic acids is 1.